The van der Waals surface area contributed by atoms with E-state index in [1.165, 1.54) is 12.0 Å². The fourth-order valence-electron chi connectivity index (χ4n) is 2.89. The topological polar surface area (TPSA) is 30.2 Å². The summed E-state index contributed by atoms with van der Waals surface area (Å²) in [4.78, 5) is 12.3. The van der Waals surface area contributed by atoms with E-state index in [4.69, 9.17) is 4.42 Å². The standard InChI is InChI=1S/C18H18O2/c19-18(14-6-2-1-3-7-14)13-16-9-4-8-15(16)12-17-10-5-11-20-17/h1-3,5-7,10-12,16H,4,8-9,13H2/b15-12+. The normalized spacial score (nSPS) is 20.4. The number of allylic oxidation sites excluding steroid dienone is 1. The van der Waals surface area contributed by atoms with Gasteiger partial charge in [0.15, 0.2) is 5.78 Å². The molecule has 2 heteroatoms. The quantitative estimate of drug-likeness (QED) is 0.748. The van der Waals surface area contributed by atoms with Gasteiger partial charge in [-0.05, 0) is 43.4 Å². The van der Waals surface area contributed by atoms with Gasteiger partial charge in [-0.1, -0.05) is 35.9 Å². The number of benzene rings is 1. The fraction of sp³-hybridized carbons (Fsp3) is 0.278. The van der Waals surface area contributed by atoms with Crippen molar-refractivity contribution in [3.63, 3.8) is 0 Å². The first-order valence-corrected chi connectivity index (χ1v) is 7.15. The molecule has 0 radical (unpaired) electrons. The molecule has 102 valence electrons. The molecule has 1 heterocycles. The number of furan rings is 1. The molecule has 2 aromatic rings. The summed E-state index contributed by atoms with van der Waals surface area (Å²) < 4.78 is 5.37. The molecule has 1 aliphatic rings. The van der Waals surface area contributed by atoms with Crippen molar-refractivity contribution in [2.45, 2.75) is 25.7 Å². The summed E-state index contributed by atoms with van der Waals surface area (Å²) in [6, 6.07) is 13.4. The zero-order valence-corrected chi connectivity index (χ0v) is 11.4. The van der Waals surface area contributed by atoms with E-state index in [1.807, 2.05) is 42.5 Å². The third-order valence-electron chi connectivity index (χ3n) is 3.94. The molecule has 1 atom stereocenters. The minimum atomic E-state index is 0.239. The minimum Gasteiger partial charge on any atom is -0.465 e. The molecule has 0 amide bonds. The maximum absolute atomic E-state index is 12.3. The van der Waals surface area contributed by atoms with Gasteiger partial charge < -0.3 is 4.42 Å². The van der Waals surface area contributed by atoms with E-state index in [9.17, 15) is 4.79 Å². The number of carbonyl (C=O) groups is 1. The number of Topliss-reactive ketones (excluding diaryl/α,β-unsaturated/α-hetero) is 1. The zero-order valence-electron chi connectivity index (χ0n) is 11.4. The molecular weight excluding hydrogens is 248 g/mol. The van der Waals surface area contributed by atoms with Crippen LogP contribution in [-0.4, -0.2) is 5.78 Å². The largest absolute Gasteiger partial charge is 0.465 e. The Morgan fingerprint density at radius 1 is 1.20 bits per heavy atom. The molecule has 1 aromatic heterocycles. The van der Waals surface area contributed by atoms with Crippen molar-refractivity contribution < 1.29 is 9.21 Å². The third-order valence-corrected chi connectivity index (χ3v) is 3.94. The molecule has 2 nitrogen and oxygen atoms in total. The maximum Gasteiger partial charge on any atom is 0.163 e. The van der Waals surface area contributed by atoms with Crippen LogP contribution in [0.2, 0.25) is 0 Å². The first-order chi connectivity index (χ1) is 9.83. The maximum atomic E-state index is 12.3. The first-order valence-electron chi connectivity index (χ1n) is 7.15. The van der Waals surface area contributed by atoms with Crippen LogP contribution < -0.4 is 0 Å². The molecule has 1 fully saturated rings. The minimum absolute atomic E-state index is 0.239. The number of hydrogen-bond acceptors (Lipinski definition) is 2. The molecule has 0 aliphatic heterocycles. The van der Waals surface area contributed by atoms with Crippen molar-refractivity contribution in [1.29, 1.82) is 0 Å². The fourth-order valence-corrected chi connectivity index (χ4v) is 2.89. The number of carbonyl (C=O) groups excluding carboxylic acids is 1. The first kappa shape index (κ1) is 12.9. The van der Waals surface area contributed by atoms with Crippen LogP contribution in [-0.2, 0) is 0 Å². The Kier molecular flexibility index (Phi) is 3.82. The summed E-state index contributed by atoms with van der Waals surface area (Å²) in [6.07, 6.45) is 7.75. The van der Waals surface area contributed by atoms with E-state index in [1.54, 1.807) is 6.26 Å². The SMILES string of the molecule is O=C(CC1CCC/C1=C\c1ccco1)c1ccccc1. The van der Waals surface area contributed by atoms with Crippen LogP contribution in [0.1, 0.15) is 41.8 Å². The van der Waals surface area contributed by atoms with Crippen molar-refractivity contribution in [1.82, 2.24) is 0 Å². The van der Waals surface area contributed by atoms with Crippen LogP contribution in [0.3, 0.4) is 0 Å². The van der Waals surface area contributed by atoms with Crippen molar-refractivity contribution in [3.05, 3.63) is 65.6 Å². The Morgan fingerprint density at radius 3 is 2.80 bits per heavy atom. The second kappa shape index (κ2) is 5.91. The molecule has 0 N–H and O–H groups in total. The molecule has 0 bridgehead atoms. The molecule has 1 aromatic carbocycles. The van der Waals surface area contributed by atoms with Gasteiger partial charge in [0.25, 0.3) is 0 Å². The van der Waals surface area contributed by atoms with E-state index < -0.39 is 0 Å². The van der Waals surface area contributed by atoms with Gasteiger partial charge in [-0.2, -0.15) is 0 Å². The molecular formula is C18H18O2. The summed E-state index contributed by atoms with van der Waals surface area (Å²) in [5.41, 5.74) is 2.17. The Bertz CT molecular complexity index is 594. The summed E-state index contributed by atoms with van der Waals surface area (Å²) in [7, 11) is 0. The average molecular weight is 266 g/mol. The van der Waals surface area contributed by atoms with Crippen LogP contribution in [0.4, 0.5) is 0 Å². The highest BCUT2D eigenvalue weighted by Crippen LogP contribution is 2.35. The van der Waals surface area contributed by atoms with Crippen LogP contribution in [0.25, 0.3) is 6.08 Å². The van der Waals surface area contributed by atoms with Crippen molar-refractivity contribution in [2.75, 3.05) is 0 Å². The molecule has 1 unspecified atom stereocenters. The summed E-state index contributed by atoms with van der Waals surface area (Å²) >= 11 is 0. The highest BCUT2D eigenvalue weighted by molar-refractivity contribution is 5.96. The lowest BCUT2D eigenvalue weighted by Gasteiger charge is -2.11. The van der Waals surface area contributed by atoms with Crippen LogP contribution in [0.5, 0.6) is 0 Å². The predicted molar refractivity (Wildman–Crippen MR) is 79.4 cm³/mol. The van der Waals surface area contributed by atoms with Gasteiger partial charge in [0, 0.05) is 12.0 Å². The lowest BCUT2D eigenvalue weighted by atomic mass is 9.93. The predicted octanol–water partition coefficient (Wildman–Crippen LogP) is 4.74. The highest BCUT2D eigenvalue weighted by atomic mass is 16.3. The second-order valence-electron chi connectivity index (χ2n) is 5.32. The molecule has 3 rings (SSSR count). The smallest absolute Gasteiger partial charge is 0.163 e. The molecule has 0 saturated heterocycles. The van der Waals surface area contributed by atoms with E-state index in [2.05, 4.69) is 6.08 Å². The Morgan fingerprint density at radius 2 is 2.05 bits per heavy atom. The van der Waals surface area contributed by atoms with Gasteiger partial charge >= 0.3 is 0 Å². The average Bonchev–Trinajstić information content (AvgIpc) is 3.13. The Hall–Kier alpha value is -2.09. The van der Waals surface area contributed by atoms with Gasteiger partial charge in [0.05, 0.1) is 6.26 Å². The van der Waals surface area contributed by atoms with Gasteiger partial charge in [0.1, 0.15) is 5.76 Å². The zero-order chi connectivity index (χ0) is 13.8. The monoisotopic (exact) mass is 266 g/mol. The molecule has 20 heavy (non-hydrogen) atoms. The van der Waals surface area contributed by atoms with Crippen LogP contribution >= 0.6 is 0 Å². The Balaban J connectivity index is 1.72. The van der Waals surface area contributed by atoms with E-state index in [0.29, 0.717) is 12.3 Å². The van der Waals surface area contributed by atoms with Crippen LogP contribution in [0.15, 0.2) is 58.7 Å². The van der Waals surface area contributed by atoms with Gasteiger partial charge in [-0.25, -0.2) is 0 Å². The second-order valence-corrected chi connectivity index (χ2v) is 5.32. The van der Waals surface area contributed by atoms with Crippen molar-refractivity contribution in [3.8, 4) is 0 Å². The summed E-state index contributed by atoms with van der Waals surface area (Å²) in [5.74, 6) is 1.50. The van der Waals surface area contributed by atoms with Crippen molar-refractivity contribution >= 4 is 11.9 Å². The molecule has 1 aliphatic carbocycles. The molecule has 0 spiro atoms. The summed E-state index contributed by atoms with van der Waals surface area (Å²) in [6.45, 7) is 0. The lowest BCUT2D eigenvalue weighted by molar-refractivity contribution is 0.0968. The van der Waals surface area contributed by atoms with Gasteiger partial charge in [0.2, 0.25) is 0 Å². The third kappa shape index (κ3) is 2.90. The van der Waals surface area contributed by atoms with Gasteiger partial charge in [-0.3, -0.25) is 4.79 Å². The Labute approximate surface area is 119 Å². The summed E-state index contributed by atoms with van der Waals surface area (Å²) in [5, 5.41) is 0. The van der Waals surface area contributed by atoms with Crippen LogP contribution in [0, 0.1) is 5.92 Å². The van der Waals surface area contributed by atoms with Gasteiger partial charge in [-0.15, -0.1) is 0 Å². The van der Waals surface area contributed by atoms with E-state index in [-0.39, 0.29) is 5.78 Å². The van der Waals surface area contributed by atoms with Crippen molar-refractivity contribution in [2.24, 2.45) is 5.92 Å². The lowest BCUT2D eigenvalue weighted by Crippen LogP contribution is -2.07. The highest BCUT2D eigenvalue weighted by Gasteiger charge is 2.24. The van der Waals surface area contributed by atoms with E-state index in [0.717, 1.165) is 24.2 Å². The molecule has 1 saturated carbocycles. The number of ketones is 1. The number of rotatable bonds is 4. The number of hydrogen-bond donors (Lipinski definition) is 0. The van der Waals surface area contributed by atoms with E-state index >= 15 is 0 Å².